The van der Waals surface area contributed by atoms with E-state index in [9.17, 15) is 9.59 Å². The number of methoxy groups -OCH3 is 1. The van der Waals surface area contributed by atoms with Crippen molar-refractivity contribution < 1.29 is 14.3 Å². The largest absolute Gasteiger partial charge is 0.495 e. The topological polar surface area (TPSA) is 60.3 Å². The van der Waals surface area contributed by atoms with Crippen molar-refractivity contribution in [3.05, 3.63) is 63.3 Å². The Labute approximate surface area is 166 Å². The van der Waals surface area contributed by atoms with Crippen molar-refractivity contribution in [3.63, 3.8) is 0 Å². The molecule has 1 N–H and O–H groups in total. The number of carbonyl (C=O) groups excluding carboxylic acids is 2. The lowest BCUT2D eigenvalue weighted by molar-refractivity contribution is -0.119. The number of fused-ring (bicyclic) bond motifs is 1. The van der Waals surface area contributed by atoms with Crippen molar-refractivity contribution in [1.29, 1.82) is 0 Å². The Bertz CT molecular complexity index is 1040. The van der Waals surface area contributed by atoms with Crippen LogP contribution in [-0.4, -0.2) is 30.5 Å². The Morgan fingerprint density at radius 1 is 1.15 bits per heavy atom. The molecule has 2 aromatic carbocycles. The van der Waals surface area contributed by atoms with Crippen LogP contribution in [-0.2, 0) is 11.2 Å². The number of carbonyl (C=O) groups is 2. The fraction of sp³-hybridized carbons (Fsp3) is 0.200. The number of nitrogens with zero attached hydrogens (tertiary/aromatic N) is 1. The van der Waals surface area contributed by atoms with Gasteiger partial charge in [-0.15, -0.1) is 0 Å². The number of hydrogen-bond donors (Lipinski definition) is 1. The van der Waals surface area contributed by atoms with Gasteiger partial charge in [0.2, 0.25) is 5.91 Å². The van der Waals surface area contributed by atoms with Crippen LogP contribution >= 0.6 is 23.2 Å². The number of amides is 1. The summed E-state index contributed by atoms with van der Waals surface area (Å²) in [5.74, 6) is 0.113. The average Bonchev–Trinajstić information content (AvgIpc) is 2.91. The molecule has 1 aromatic heterocycles. The predicted molar refractivity (Wildman–Crippen MR) is 107 cm³/mol. The molecule has 0 spiro atoms. The Hall–Kier alpha value is -2.50. The van der Waals surface area contributed by atoms with Gasteiger partial charge in [0.25, 0.3) is 5.91 Å². The number of aromatic nitrogens is 1. The predicted octanol–water partition coefficient (Wildman–Crippen LogP) is 4.24. The highest BCUT2D eigenvalue weighted by molar-refractivity contribution is 6.33. The highest BCUT2D eigenvalue weighted by Crippen LogP contribution is 2.35. The smallest absolute Gasteiger partial charge is 0.262 e. The lowest BCUT2D eigenvalue weighted by Crippen LogP contribution is -2.20. The van der Waals surface area contributed by atoms with E-state index in [1.165, 1.54) is 7.11 Å². The zero-order chi connectivity index (χ0) is 19.7. The highest BCUT2D eigenvalue weighted by Gasteiger charge is 2.22. The van der Waals surface area contributed by atoms with Crippen molar-refractivity contribution in [2.45, 2.75) is 13.3 Å². The molecular formula is C20H18Cl2N2O3. The van der Waals surface area contributed by atoms with E-state index >= 15 is 0 Å². The molecule has 1 amide bonds. The van der Waals surface area contributed by atoms with Gasteiger partial charge < -0.3 is 10.1 Å². The second kappa shape index (κ2) is 7.62. The molecule has 7 heteroatoms. The quantitative estimate of drug-likeness (QED) is 0.706. The van der Waals surface area contributed by atoms with Crippen LogP contribution in [0.3, 0.4) is 0 Å². The van der Waals surface area contributed by atoms with Crippen LogP contribution < -0.4 is 10.1 Å². The summed E-state index contributed by atoms with van der Waals surface area (Å²) in [6.45, 7) is 1.81. The minimum atomic E-state index is -0.224. The third kappa shape index (κ3) is 3.53. The van der Waals surface area contributed by atoms with Gasteiger partial charge in [-0.3, -0.25) is 14.2 Å². The number of ether oxygens (including phenoxy) is 1. The van der Waals surface area contributed by atoms with Crippen LogP contribution in [0, 0.1) is 6.92 Å². The summed E-state index contributed by atoms with van der Waals surface area (Å²) in [6, 6.07) is 10.1. The molecule has 0 fully saturated rings. The molecule has 0 saturated carbocycles. The fourth-order valence-corrected chi connectivity index (χ4v) is 3.45. The normalized spacial score (nSPS) is 10.9. The van der Waals surface area contributed by atoms with E-state index in [0.29, 0.717) is 32.6 Å². The minimum absolute atomic E-state index is 0.143. The summed E-state index contributed by atoms with van der Waals surface area (Å²) < 4.78 is 6.88. The van der Waals surface area contributed by atoms with E-state index in [1.807, 2.05) is 6.92 Å². The van der Waals surface area contributed by atoms with Crippen molar-refractivity contribution >= 4 is 45.9 Å². The lowest BCUT2D eigenvalue weighted by Gasteiger charge is -2.09. The maximum atomic E-state index is 13.2. The van der Waals surface area contributed by atoms with Gasteiger partial charge in [-0.05, 0) is 48.9 Å². The number of likely N-dealkylation sites (N-methyl/N-ethyl adjacent to an activating group) is 1. The maximum absolute atomic E-state index is 13.2. The first-order valence-electron chi connectivity index (χ1n) is 8.25. The second-order valence-electron chi connectivity index (χ2n) is 6.07. The van der Waals surface area contributed by atoms with Crippen LogP contribution in [0.15, 0.2) is 36.4 Å². The second-order valence-corrected chi connectivity index (χ2v) is 6.91. The van der Waals surface area contributed by atoms with Gasteiger partial charge in [0.05, 0.1) is 24.1 Å². The monoisotopic (exact) mass is 404 g/mol. The van der Waals surface area contributed by atoms with Gasteiger partial charge in [-0.25, -0.2) is 0 Å². The summed E-state index contributed by atoms with van der Waals surface area (Å²) in [6.07, 6.45) is 0.143. The minimum Gasteiger partial charge on any atom is -0.495 e. The highest BCUT2D eigenvalue weighted by atomic mass is 35.5. The summed E-state index contributed by atoms with van der Waals surface area (Å²) in [5, 5.41) is 4.30. The first-order chi connectivity index (χ1) is 12.9. The standard InChI is InChI=1S/C20H18Cl2N2O3/c1-11-14(9-19(25)23-2)15-8-18(27-3)16(22)10-17(15)24(11)20(26)12-4-6-13(21)7-5-12/h4-8,10H,9H2,1-3H3,(H,23,25). The molecule has 0 aliphatic carbocycles. The molecule has 27 heavy (non-hydrogen) atoms. The molecule has 140 valence electrons. The molecule has 5 nitrogen and oxygen atoms in total. The number of nitrogens with one attached hydrogen (secondary N) is 1. The van der Waals surface area contributed by atoms with Crippen LogP contribution in [0.1, 0.15) is 21.6 Å². The number of hydrogen-bond acceptors (Lipinski definition) is 3. The Morgan fingerprint density at radius 2 is 1.81 bits per heavy atom. The molecule has 3 rings (SSSR count). The fourth-order valence-electron chi connectivity index (χ4n) is 3.09. The van der Waals surface area contributed by atoms with E-state index in [1.54, 1.807) is 48.0 Å². The third-order valence-corrected chi connectivity index (χ3v) is 5.07. The van der Waals surface area contributed by atoms with Crippen molar-refractivity contribution in [2.24, 2.45) is 0 Å². The first-order valence-corrected chi connectivity index (χ1v) is 9.01. The van der Waals surface area contributed by atoms with Gasteiger partial charge in [0, 0.05) is 28.7 Å². The van der Waals surface area contributed by atoms with Crippen molar-refractivity contribution in [2.75, 3.05) is 14.2 Å². The van der Waals surface area contributed by atoms with Gasteiger partial charge in [0.1, 0.15) is 5.75 Å². The molecule has 0 aliphatic heterocycles. The summed E-state index contributed by atoms with van der Waals surface area (Å²) in [4.78, 5) is 25.2. The molecule has 3 aromatic rings. The van der Waals surface area contributed by atoms with Crippen LogP contribution in [0.25, 0.3) is 10.9 Å². The molecule has 0 radical (unpaired) electrons. The molecule has 0 atom stereocenters. The Kier molecular flexibility index (Phi) is 5.44. The van der Waals surface area contributed by atoms with E-state index in [2.05, 4.69) is 5.32 Å². The van der Waals surface area contributed by atoms with E-state index in [-0.39, 0.29) is 18.2 Å². The molecule has 0 aliphatic rings. The lowest BCUT2D eigenvalue weighted by atomic mass is 10.1. The molecule has 0 bridgehead atoms. The zero-order valence-electron chi connectivity index (χ0n) is 15.1. The third-order valence-electron chi connectivity index (χ3n) is 4.52. The van der Waals surface area contributed by atoms with E-state index in [4.69, 9.17) is 27.9 Å². The van der Waals surface area contributed by atoms with E-state index in [0.717, 1.165) is 10.9 Å². The van der Waals surface area contributed by atoms with Gasteiger partial charge in [0.15, 0.2) is 0 Å². The van der Waals surface area contributed by atoms with Gasteiger partial charge >= 0.3 is 0 Å². The van der Waals surface area contributed by atoms with Crippen LogP contribution in [0.5, 0.6) is 5.75 Å². The van der Waals surface area contributed by atoms with Gasteiger partial charge in [-0.2, -0.15) is 0 Å². The van der Waals surface area contributed by atoms with Gasteiger partial charge in [-0.1, -0.05) is 23.2 Å². The SMILES string of the molecule is CNC(=O)Cc1c(C)n(C(=O)c2ccc(Cl)cc2)c2cc(Cl)c(OC)cc12. The molecule has 0 saturated heterocycles. The average molecular weight is 405 g/mol. The number of rotatable bonds is 4. The van der Waals surface area contributed by atoms with Crippen LogP contribution in [0.4, 0.5) is 0 Å². The number of halogens is 2. The number of benzene rings is 2. The van der Waals surface area contributed by atoms with Crippen LogP contribution in [0.2, 0.25) is 10.0 Å². The molecule has 0 unspecified atom stereocenters. The maximum Gasteiger partial charge on any atom is 0.262 e. The summed E-state index contributed by atoms with van der Waals surface area (Å²) >= 11 is 12.2. The first kappa shape index (κ1) is 19.3. The zero-order valence-corrected chi connectivity index (χ0v) is 16.6. The van der Waals surface area contributed by atoms with E-state index < -0.39 is 0 Å². The molecule has 1 heterocycles. The summed E-state index contributed by atoms with van der Waals surface area (Å²) in [7, 11) is 3.10. The summed E-state index contributed by atoms with van der Waals surface area (Å²) in [5.41, 5.74) is 2.54. The Morgan fingerprint density at radius 3 is 2.41 bits per heavy atom. The van der Waals surface area contributed by atoms with Crippen molar-refractivity contribution in [1.82, 2.24) is 9.88 Å². The molecular weight excluding hydrogens is 387 g/mol. The van der Waals surface area contributed by atoms with Crippen molar-refractivity contribution in [3.8, 4) is 5.75 Å². The Balaban J connectivity index is 2.26.